The molecule has 132 valence electrons. The van der Waals surface area contributed by atoms with Crippen LogP contribution in [0.4, 0.5) is 0 Å². The minimum atomic E-state index is 0.147. The Hall–Kier alpha value is -2.09. The maximum Gasteiger partial charge on any atom is 0.0931 e. The van der Waals surface area contributed by atoms with E-state index in [1.165, 1.54) is 5.57 Å². The average Bonchev–Trinajstić information content (AvgIpc) is 2.54. The second-order valence-corrected chi connectivity index (χ2v) is 6.58. The standard InChI is InChI=1S/C10H15N.C10H12O.C2H6/c1-7-6-11-9(7)8(2)10(3,4)5;1-3-8(2)9-5-4-6-10(11)7-9;1-2/h6H,2H2,1,3-5H3;3,5,7,11H,1-2,4,6H2;1-2H3. The van der Waals surface area contributed by atoms with Crippen LogP contribution >= 0.6 is 0 Å². The number of nitrogens with zero attached hydrogens (tertiary/aromatic N) is 1. The van der Waals surface area contributed by atoms with Crippen molar-refractivity contribution >= 4 is 6.21 Å². The molecular formula is C22H33NO. The minimum Gasteiger partial charge on any atom is -0.512 e. The fourth-order valence-electron chi connectivity index (χ4n) is 1.96. The van der Waals surface area contributed by atoms with Crippen LogP contribution in [0, 0.1) is 5.41 Å². The number of rotatable bonds is 3. The van der Waals surface area contributed by atoms with Crippen molar-refractivity contribution in [3.63, 3.8) is 0 Å². The van der Waals surface area contributed by atoms with Crippen molar-refractivity contribution in [2.75, 3.05) is 0 Å². The number of allylic oxidation sites excluding steroid dienone is 8. The summed E-state index contributed by atoms with van der Waals surface area (Å²) in [5, 5.41) is 9.17. The first-order valence-electron chi connectivity index (χ1n) is 8.53. The van der Waals surface area contributed by atoms with Gasteiger partial charge in [0.15, 0.2) is 0 Å². The lowest BCUT2D eigenvalue weighted by atomic mass is 9.83. The van der Waals surface area contributed by atoms with E-state index in [9.17, 15) is 0 Å². The summed E-state index contributed by atoms with van der Waals surface area (Å²) < 4.78 is 0. The SMILES string of the molecule is C=C(C1=C(C)C=N1)C(C)(C)C.C=CC(=C)C1=CCCC(O)=C1.CC. The summed E-state index contributed by atoms with van der Waals surface area (Å²) >= 11 is 0. The second-order valence-electron chi connectivity index (χ2n) is 6.58. The first-order chi connectivity index (χ1) is 11.2. The average molecular weight is 328 g/mol. The van der Waals surface area contributed by atoms with Crippen LogP contribution in [0.5, 0.6) is 0 Å². The number of aliphatic hydroxyl groups is 1. The fraction of sp³-hybridized carbons (Fsp3) is 0.409. The molecule has 0 saturated carbocycles. The highest BCUT2D eigenvalue weighted by atomic mass is 16.3. The van der Waals surface area contributed by atoms with Gasteiger partial charge in [-0.15, -0.1) is 0 Å². The molecule has 0 aromatic carbocycles. The molecule has 0 bridgehead atoms. The van der Waals surface area contributed by atoms with Crippen molar-refractivity contribution in [3.8, 4) is 0 Å². The normalized spacial score (nSPS) is 15.6. The molecule has 2 nitrogen and oxygen atoms in total. The van der Waals surface area contributed by atoms with Crippen LogP contribution in [0.3, 0.4) is 0 Å². The van der Waals surface area contributed by atoms with Crippen molar-refractivity contribution in [1.82, 2.24) is 0 Å². The molecule has 1 aliphatic carbocycles. The molecule has 1 N–H and O–H groups in total. The Balaban J connectivity index is 0.000000400. The lowest BCUT2D eigenvalue weighted by molar-refractivity contribution is 0.387. The maximum atomic E-state index is 9.17. The van der Waals surface area contributed by atoms with Crippen molar-refractivity contribution in [2.24, 2.45) is 10.4 Å². The molecule has 1 heterocycles. The van der Waals surface area contributed by atoms with Gasteiger partial charge in [0.25, 0.3) is 0 Å². The van der Waals surface area contributed by atoms with E-state index in [-0.39, 0.29) is 5.41 Å². The molecule has 0 aromatic heterocycles. The Morgan fingerprint density at radius 2 is 1.83 bits per heavy atom. The second kappa shape index (κ2) is 9.92. The Labute approximate surface area is 148 Å². The molecule has 0 fully saturated rings. The van der Waals surface area contributed by atoms with Crippen LogP contribution in [0.2, 0.25) is 0 Å². The molecule has 0 atom stereocenters. The largest absolute Gasteiger partial charge is 0.512 e. The van der Waals surface area contributed by atoms with Crippen LogP contribution in [-0.2, 0) is 0 Å². The summed E-state index contributed by atoms with van der Waals surface area (Å²) in [6.07, 6.45) is 9.02. The summed E-state index contributed by atoms with van der Waals surface area (Å²) in [6, 6.07) is 0. The van der Waals surface area contributed by atoms with Crippen LogP contribution < -0.4 is 0 Å². The van der Waals surface area contributed by atoms with E-state index < -0.39 is 0 Å². The molecule has 0 saturated heterocycles. The summed E-state index contributed by atoms with van der Waals surface area (Å²) in [7, 11) is 0. The van der Waals surface area contributed by atoms with E-state index in [2.05, 4.69) is 58.5 Å². The summed E-state index contributed by atoms with van der Waals surface area (Å²) in [5.41, 5.74) is 5.49. The highest BCUT2D eigenvalue weighted by Crippen LogP contribution is 2.34. The van der Waals surface area contributed by atoms with E-state index in [1.807, 2.05) is 20.1 Å². The quantitative estimate of drug-likeness (QED) is 0.564. The maximum absolute atomic E-state index is 9.17. The van der Waals surface area contributed by atoms with Crippen LogP contribution in [0.1, 0.15) is 54.4 Å². The van der Waals surface area contributed by atoms with Crippen molar-refractivity contribution in [1.29, 1.82) is 0 Å². The zero-order valence-electron chi connectivity index (χ0n) is 16.2. The van der Waals surface area contributed by atoms with Gasteiger partial charge in [-0.3, -0.25) is 4.99 Å². The van der Waals surface area contributed by atoms with Crippen LogP contribution in [-0.4, -0.2) is 11.3 Å². The molecule has 0 amide bonds. The highest BCUT2D eigenvalue weighted by Gasteiger charge is 2.21. The Bertz CT molecular complexity index is 604. The molecular weight excluding hydrogens is 294 g/mol. The van der Waals surface area contributed by atoms with E-state index in [4.69, 9.17) is 5.11 Å². The van der Waals surface area contributed by atoms with Gasteiger partial charge in [-0.25, -0.2) is 0 Å². The van der Waals surface area contributed by atoms with Crippen LogP contribution in [0.25, 0.3) is 0 Å². The summed E-state index contributed by atoms with van der Waals surface area (Å²) in [5.74, 6) is 0.436. The van der Waals surface area contributed by atoms with Gasteiger partial charge < -0.3 is 5.11 Å². The van der Waals surface area contributed by atoms with Crippen molar-refractivity contribution in [3.05, 3.63) is 71.7 Å². The molecule has 1 aliphatic heterocycles. The topological polar surface area (TPSA) is 32.6 Å². The van der Waals surface area contributed by atoms with Crippen LogP contribution in [0.15, 0.2) is 76.7 Å². The number of hydrogen-bond donors (Lipinski definition) is 1. The number of aliphatic imine (C=N–C) groups is 1. The third kappa shape index (κ3) is 6.57. The zero-order chi connectivity index (χ0) is 18.9. The molecule has 0 aromatic rings. The highest BCUT2D eigenvalue weighted by molar-refractivity contribution is 5.88. The molecule has 2 aliphatic rings. The Morgan fingerprint density at radius 3 is 2.12 bits per heavy atom. The number of hydrogen-bond acceptors (Lipinski definition) is 2. The zero-order valence-corrected chi connectivity index (χ0v) is 16.2. The first-order valence-corrected chi connectivity index (χ1v) is 8.53. The molecule has 24 heavy (non-hydrogen) atoms. The lowest BCUT2D eigenvalue weighted by Crippen LogP contribution is -2.14. The Morgan fingerprint density at radius 1 is 1.25 bits per heavy atom. The van der Waals surface area contributed by atoms with Crippen molar-refractivity contribution < 1.29 is 5.11 Å². The lowest BCUT2D eigenvalue weighted by Gasteiger charge is -2.25. The predicted octanol–water partition coefficient (Wildman–Crippen LogP) is 6.86. The van der Waals surface area contributed by atoms with Gasteiger partial charge in [-0.1, -0.05) is 66.5 Å². The van der Waals surface area contributed by atoms with E-state index in [0.717, 1.165) is 35.3 Å². The monoisotopic (exact) mass is 327 g/mol. The van der Waals surface area contributed by atoms with E-state index in [1.54, 1.807) is 12.2 Å². The van der Waals surface area contributed by atoms with Gasteiger partial charge in [0.2, 0.25) is 0 Å². The van der Waals surface area contributed by atoms with Gasteiger partial charge >= 0.3 is 0 Å². The predicted molar refractivity (Wildman–Crippen MR) is 109 cm³/mol. The van der Waals surface area contributed by atoms with Gasteiger partial charge in [0.05, 0.1) is 11.5 Å². The summed E-state index contributed by atoms with van der Waals surface area (Å²) in [6.45, 7) is 24.0. The van der Waals surface area contributed by atoms with Crippen molar-refractivity contribution in [2.45, 2.75) is 54.4 Å². The van der Waals surface area contributed by atoms with E-state index in [0.29, 0.717) is 5.76 Å². The van der Waals surface area contributed by atoms with Gasteiger partial charge in [0.1, 0.15) is 0 Å². The Kier molecular flexibility index (Phi) is 9.05. The van der Waals surface area contributed by atoms with Gasteiger partial charge in [-0.05, 0) is 47.1 Å². The number of aliphatic hydroxyl groups excluding tert-OH is 1. The molecule has 0 spiro atoms. The molecule has 2 heteroatoms. The first kappa shape index (κ1) is 21.9. The third-order valence-electron chi connectivity index (χ3n) is 3.66. The molecule has 0 radical (unpaired) electrons. The van der Waals surface area contributed by atoms with Gasteiger partial charge in [-0.2, -0.15) is 0 Å². The minimum absolute atomic E-state index is 0.147. The molecule has 0 unspecified atom stereocenters. The smallest absolute Gasteiger partial charge is 0.0931 e. The fourth-order valence-corrected chi connectivity index (χ4v) is 1.96. The molecule has 2 rings (SSSR count). The van der Waals surface area contributed by atoms with Gasteiger partial charge in [0, 0.05) is 12.6 Å². The third-order valence-corrected chi connectivity index (χ3v) is 3.66. The summed E-state index contributed by atoms with van der Waals surface area (Å²) in [4.78, 5) is 4.17. The van der Waals surface area contributed by atoms with E-state index >= 15 is 0 Å².